The standard InChI is InChI=1S/C21H23NO4/c1-3-10-25-19-9-8-15(11-20(19)24-2)13-22-21(23)17-12-16-6-4-5-7-18(16)26-14-17/h4-9,11-12H,3,10,13-14H2,1-2H3,(H,22,23). The number of para-hydroxylation sites is 1. The summed E-state index contributed by atoms with van der Waals surface area (Å²) in [6, 6.07) is 13.3. The molecule has 2 aromatic carbocycles. The smallest absolute Gasteiger partial charge is 0.250 e. The van der Waals surface area contributed by atoms with Crippen molar-refractivity contribution >= 4 is 12.0 Å². The molecule has 0 atom stereocenters. The molecule has 1 N–H and O–H groups in total. The van der Waals surface area contributed by atoms with Gasteiger partial charge in [-0.25, -0.2) is 0 Å². The van der Waals surface area contributed by atoms with E-state index in [1.807, 2.05) is 48.5 Å². The molecule has 0 aromatic heterocycles. The summed E-state index contributed by atoms with van der Waals surface area (Å²) in [4.78, 5) is 12.4. The third-order valence-electron chi connectivity index (χ3n) is 4.07. The average Bonchev–Trinajstić information content (AvgIpc) is 2.70. The van der Waals surface area contributed by atoms with Gasteiger partial charge in [0.15, 0.2) is 11.5 Å². The molecule has 0 saturated carbocycles. The van der Waals surface area contributed by atoms with E-state index in [0.29, 0.717) is 30.2 Å². The first-order valence-corrected chi connectivity index (χ1v) is 8.71. The lowest BCUT2D eigenvalue weighted by Crippen LogP contribution is -2.28. The molecule has 0 unspecified atom stereocenters. The molecule has 1 amide bonds. The molecule has 0 saturated heterocycles. The topological polar surface area (TPSA) is 56.8 Å². The minimum atomic E-state index is -0.134. The highest BCUT2D eigenvalue weighted by Gasteiger charge is 2.16. The second-order valence-electron chi connectivity index (χ2n) is 6.01. The summed E-state index contributed by atoms with van der Waals surface area (Å²) in [5, 5.41) is 2.93. The lowest BCUT2D eigenvalue weighted by Gasteiger charge is -2.17. The van der Waals surface area contributed by atoms with Gasteiger partial charge >= 0.3 is 0 Å². The number of nitrogens with one attached hydrogen (secondary N) is 1. The van der Waals surface area contributed by atoms with Gasteiger partial charge in [0.25, 0.3) is 5.91 Å². The zero-order valence-corrected chi connectivity index (χ0v) is 15.1. The molecule has 1 aliphatic heterocycles. The number of carbonyl (C=O) groups excluding carboxylic acids is 1. The van der Waals surface area contributed by atoms with Crippen molar-refractivity contribution < 1.29 is 19.0 Å². The highest BCUT2D eigenvalue weighted by atomic mass is 16.5. The second-order valence-corrected chi connectivity index (χ2v) is 6.01. The van der Waals surface area contributed by atoms with Crippen LogP contribution in [0.15, 0.2) is 48.0 Å². The molecule has 136 valence electrons. The van der Waals surface area contributed by atoms with Crippen LogP contribution in [0, 0.1) is 0 Å². The molecule has 5 nitrogen and oxygen atoms in total. The Morgan fingerprint density at radius 3 is 2.85 bits per heavy atom. The number of benzene rings is 2. The molecule has 0 spiro atoms. The summed E-state index contributed by atoms with van der Waals surface area (Å²) in [5.41, 5.74) is 2.47. The van der Waals surface area contributed by atoms with Gasteiger partial charge in [-0.15, -0.1) is 0 Å². The van der Waals surface area contributed by atoms with E-state index in [2.05, 4.69) is 12.2 Å². The number of amides is 1. The molecule has 1 heterocycles. The van der Waals surface area contributed by atoms with Crippen molar-refractivity contribution in [1.82, 2.24) is 5.32 Å². The number of methoxy groups -OCH3 is 1. The van der Waals surface area contributed by atoms with Crippen molar-refractivity contribution in [2.24, 2.45) is 0 Å². The number of hydrogen-bond acceptors (Lipinski definition) is 4. The highest BCUT2D eigenvalue weighted by Crippen LogP contribution is 2.28. The van der Waals surface area contributed by atoms with E-state index in [4.69, 9.17) is 14.2 Å². The van der Waals surface area contributed by atoms with Crippen LogP contribution >= 0.6 is 0 Å². The molecule has 1 aliphatic rings. The first kappa shape index (κ1) is 17.9. The summed E-state index contributed by atoms with van der Waals surface area (Å²) in [5.74, 6) is 2.05. The van der Waals surface area contributed by atoms with Crippen molar-refractivity contribution in [3.05, 3.63) is 59.2 Å². The largest absolute Gasteiger partial charge is 0.493 e. The molecule has 0 aliphatic carbocycles. The van der Waals surface area contributed by atoms with Crippen molar-refractivity contribution in [2.75, 3.05) is 20.3 Å². The van der Waals surface area contributed by atoms with Gasteiger partial charge in [0.05, 0.1) is 19.3 Å². The fourth-order valence-corrected chi connectivity index (χ4v) is 2.70. The third kappa shape index (κ3) is 4.17. The number of carbonyl (C=O) groups is 1. The number of fused-ring (bicyclic) bond motifs is 1. The zero-order valence-electron chi connectivity index (χ0n) is 15.1. The predicted octanol–water partition coefficient (Wildman–Crippen LogP) is 3.58. The lowest BCUT2D eigenvalue weighted by molar-refractivity contribution is -0.117. The van der Waals surface area contributed by atoms with Crippen LogP contribution in [-0.4, -0.2) is 26.2 Å². The molecule has 0 bridgehead atoms. The number of ether oxygens (including phenoxy) is 3. The molecule has 3 rings (SSSR count). The van der Waals surface area contributed by atoms with Crippen LogP contribution in [0.25, 0.3) is 6.08 Å². The maximum Gasteiger partial charge on any atom is 0.250 e. The Bertz CT molecular complexity index is 813. The average molecular weight is 353 g/mol. The summed E-state index contributed by atoms with van der Waals surface area (Å²) < 4.78 is 16.7. The van der Waals surface area contributed by atoms with E-state index in [1.165, 1.54) is 0 Å². The highest BCUT2D eigenvalue weighted by molar-refractivity contribution is 5.99. The summed E-state index contributed by atoms with van der Waals surface area (Å²) in [6.45, 7) is 3.37. The first-order chi connectivity index (χ1) is 12.7. The maximum atomic E-state index is 12.4. The Hall–Kier alpha value is -2.95. The molecule has 5 heteroatoms. The quantitative estimate of drug-likeness (QED) is 0.827. The van der Waals surface area contributed by atoms with Crippen LogP contribution in [0.1, 0.15) is 24.5 Å². The van der Waals surface area contributed by atoms with Crippen molar-refractivity contribution in [3.63, 3.8) is 0 Å². The summed E-state index contributed by atoms with van der Waals surface area (Å²) in [6.07, 6.45) is 2.80. The van der Waals surface area contributed by atoms with E-state index in [9.17, 15) is 4.79 Å². The normalized spacial score (nSPS) is 12.5. The van der Waals surface area contributed by atoms with Gasteiger partial charge in [0.1, 0.15) is 12.4 Å². The number of hydrogen-bond donors (Lipinski definition) is 1. The Morgan fingerprint density at radius 2 is 2.04 bits per heavy atom. The molecule has 26 heavy (non-hydrogen) atoms. The Labute approximate surface area is 153 Å². The van der Waals surface area contributed by atoms with Gasteiger partial charge < -0.3 is 19.5 Å². The second kappa shape index (κ2) is 8.43. The van der Waals surface area contributed by atoms with Gasteiger partial charge in [0, 0.05) is 12.1 Å². The van der Waals surface area contributed by atoms with Gasteiger partial charge in [-0.2, -0.15) is 0 Å². The third-order valence-corrected chi connectivity index (χ3v) is 4.07. The van der Waals surface area contributed by atoms with Crippen LogP contribution < -0.4 is 19.5 Å². The van der Waals surface area contributed by atoms with Gasteiger partial charge in [-0.1, -0.05) is 31.2 Å². The lowest BCUT2D eigenvalue weighted by atomic mass is 10.1. The van der Waals surface area contributed by atoms with Crippen molar-refractivity contribution in [2.45, 2.75) is 19.9 Å². The van der Waals surface area contributed by atoms with Crippen LogP contribution in [0.5, 0.6) is 17.2 Å². The fourth-order valence-electron chi connectivity index (χ4n) is 2.70. The van der Waals surface area contributed by atoms with Crippen molar-refractivity contribution in [3.8, 4) is 17.2 Å². The fraction of sp³-hybridized carbons (Fsp3) is 0.286. The van der Waals surface area contributed by atoms with Crippen LogP contribution in [0.3, 0.4) is 0 Å². The van der Waals surface area contributed by atoms with E-state index >= 15 is 0 Å². The van der Waals surface area contributed by atoms with Gasteiger partial charge in [-0.05, 0) is 36.3 Å². The van der Waals surface area contributed by atoms with Crippen molar-refractivity contribution in [1.29, 1.82) is 0 Å². The minimum absolute atomic E-state index is 0.134. The van der Waals surface area contributed by atoms with Gasteiger partial charge in [-0.3, -0.25) is 4.79 Å². The Kier molecular flexibility index (Phi) is 5.79. The zero-order chi connectivity index (χ0) is 18.4. The Balaban J connectivity index is 1.64. The molecule has 0 fully saturated rings. The molecular weight excluding hydrogens is 330 g/mol. The maximum absolute atomic E-state index is 12.4. The molecule has 2 aromatic rings. The van der Waals surface area contributed by atoms with Crippen LogP contribution in [0.2, 0.25) is 0 Å². The molecule has 0 radical (unpaired) electrons. The first-order valence-electron chi connectivity index (χ1n) is 8.71. The molecular formula is C21H23NO4. The van der Waals surface area contributed by atoms with E-state index in [1.54, 1.807) is 7.11 Å². The van der Waals surface area contributed by atoms with E-state index in [-0.39, 0.29) is 12.5 Å². The van der Waals surface area contributed by atoms with Crippen LogP contribution in [-0.2, 0) is 11.3 Å². The van der Waals surface area contributed by atoms with Gasteiger partial charge in [0.2, 0.25) is 0 Å². The SMILES string of the molecule is CCCOc1ccc(CNC(=O)C2=Cc3ccccc3OC2)cc1OC. The predicted molar refractivity (Wildman–Crippen MR) is 101 cm³/mol. The Morgan fingerprint density at radius 1 is 1.19 bits per heavy atom. The van der Waals surface area contributed by atoms with Crippen LogP contribution in [0.4, 0.5) is 0 Å². The van der Waals surface area contributed by atoms with E-state index < -0.39 is 0 Å². The summed E-state index contributed by atoms with van der Waals surface area (Å²) >= 11 is 0. The number of rotatable bonds is 7. The summed E-state index contributed by atoms with van der Waals surface area (Å²) in [7, 11) is 1.61. The monoisotopic (exact) mass is 353 g/mol. The van der Waals surface area contributed by atoms with E-state index in [0.717, 1.165) is 23.3 Å². The minimum Gasteiger partial charge on any atom is -0.493 e.